The molecule has 1 aromatic heterocycles. The molecule has 0 radical (unpaired) electrons. The van der Waals surface area contributed by atoms with Crippen molar-refractivity contribution in [2.24, 2.45) is 5.92 Å². The van der Waals surface area contributed by atoms with Crippen molar-refractivity contribution in [2.75, 3.05) is 42.3 Å². The van der Waals surface area contributed by atoms with Gasteiger partial charge in [0.1, 0.15) is 5.82 Å². The van der Waals surface area contributed by atoms with Gasteiger partial charge < -0.3 is 15.1 Å². The molecule has 1 saturated heterocycles. The summed E-state index contributed by atoms with van der Waals surface area (Å²) in [6.45, 7) is 2.09. The van der Waals surface area contributed by atoms with Crippen molar-refractivity contribution < 1.29 is 0 Å². The van der Waals surface area contributed by atoms with Gasteiger partial charge in [0, 0.05) is 44.8 Å². The van der Waals surface area contributed by atoms with Gasteiger partial charge in [0.05, 0.1) is 0 Å². The molecular weight excluding hydrogens is 358 g/mol. The average molecular weight is 388 g/mol. The molecule has 1 aliphatic rings. The Morgan fingerprint density at radius 2 is 1.69 bits per heavy atom. The smallest absolute Gasteiger partial charge is 0.229 e. The molecule has 4 rings (SSSR count). The lowest BCUT2D eigenvalue weighted by molar-refractivity contribution is 0.402. The van der Waals surface area contributed by atoms with E-state index in [1.807, 2.05) is 26.4 Å². The molecule has 0 aliphatic carbocycles. The van der Waals surface area contributed by atoms with E-state index in [4.69, 9.17) is 4.98 Å². The highest BCUT2D eigenvalue weighted by molar-refractivity contribution is 5.59. The number of aromatic nitrogens is 2. The van der Waals surface area contributed by atoms with E-state index < -0.39 is 0 Å². The first kappa shape index (κ1) is 19.2. The number of benzene rings is 2. The zero-order valence-electron chi connectivity index (χ0n) is 17.3. The molecule has 3 aromatic rings. The Bertz CT molecular complexity index is 900. The predicted molar refractivity (Wildman–Crippen MR) is 121 cm³/mol. The molecule has 2 heterocycles. The number of piperidine rings is 1. The van der Waals surface area contributed by atoms with E-state index in [0.29, 0.717) is 5.95 Å². The zero-order valence-corrected chi connectivity index (χ0v) is 17.3. The van der Waals surface area contributed by atoms with Crippen LogP contribution in [0.1, 0.15) is 18.4 Å². The minimum Gasteiger partial charge on any atom is -0.378 e. The van der Waals surface area contributed by atoms with Gasteiger partial charge in [-0.25, -0.2) is 4.98 Å². The summed E-state index contributed by atoms with van der Waals surface area (Å²) < 4.78 is 0. The Morgan fingerprint density at radius 1 is 0.966 bits per heavy atom. The van der Waals surface area contributed by atoms with Crippen LogP contribution in [0.25, 0.3) is 0 Å². The van der Waals surface area contributed by atoms with E-state index in [0.717, 1.165) is 30.5 Å². The highest BCUT2D eigenvalue weighted by atomic mass is 15.2. The Balaban J connectivity index is 1.35. The summed E-state index contributed by atoms with van der Waals surface area (Å²) in [6, 6.07) is 21.1. The second-order valence-electron chi connectivity index (χ2n) is 7.92. The third-order valence-electron chi connectivity index (χ3n) is 5.59. The summed E-state index contributed by atoms with van der Waals surface area (Å²) >= 11 is 0. The minimum absolute atomic E-state index is 0.645. The van der Waals surface area contributed by atoms with E-state index >= 15 is 0 Å². The van der Waals surface area contributed by atoms with Crippen molar-refractivity contribution in [1.29, 1.82) is 0 Å². The van der Waals surface area contributed by atoms with E-state index in [9.17, 15) is 0 Å². The van der Waals surface area contributed by atoms with Crippen molar-refractivity contribution in [2.45, 2.75) is 19.3 Å². The van der Waals surface area contributed by atoms with Crippen LogP contribution < -0.4 is 15.1 Å². The van der Waals surface area contributed by atoms with Crippen molar-refractivity contribution >= 4 is 23.1 Å². The van der Waals surface area contributed by atoms with Gasteiger partial charge in [0.15, 0.2) is 0 Å². The van der Waals surface area contributed by atoms with Crippen molar-refractivity contribution in [1.82, 2.24) is 9.97 Å². The lowest BCUT2D eigenvalue weighted by atomic mass is 9.90. The van der Waals surface area contributed by atoms with Gasteiger partial charge in [-0.1, -0.05) is 30.3 Å². The molecule has 0 unspecified atom stereocenters. The van der Waals surface area contributed by atoms with Gasteiger partial charge >= 0.3 is 0 Å². The van der Waals surface area contributed by atoms with Crippen LogP contribution in [0.15, 0.2) is 66.9 Å². The standard InChI is InChI=1S/C24H29N5/c1-28(2)22-10-8-21(9-11-22)26-24-25-15-12-23(27-24)29-16-13-20(14-17-29)18-19-6-4-3-5-7-19/h3-12,15,20H,13-14,16-18H2,1-2H3,(H,25,26,27). The van der Waals surface area contributed by atoms with Gasteiger partial charge in [0.25, 0.3) is 0 Å². The van der Waals surface area contributed by atoms with Gasteiger partial charge in [0.2, 0.25) is 5.95 Å². The molecule has 150 valence electrons. The van der Waals surface area contributed by atoms with Crippen molar-refractivity contribution in [3.63, 3.8) is 0 Å². The quantitative estimate of drug-likeness (QED) is 0.661. The van der Waals surface area contributed by atoms with Crippen LogP contribution in [0, 0.1) is 5.92 Å². The van der Waals surface area contributed by atoms with Gasteiger partial charge in [-0.15, -0.1) is 0 Å². The zero-order chi connectivity index (χ0) is 20.1. The fraction of sp³-hybridized carbons (Fsp3) is 0.333. The van der Waals surface area contributed by atoms with Gasteiger partial charge in [-0.05, 0) is 61.1 Å². The number of hydrogen-bond acceptors (Lipinski definition) is 5. The molecule has 0 atom stereocenters. The molecule has 2 aromatic carbocycles. The number of nitrogens with zero attached hydrogens (tertiary/aromatic N) is 4. The summed E-state index contributed by atoms with van der Waals surface area (Å²) in [6.07, 6.45) is 5.42. The molecule has 5 nitrogen and oxygen atoms in total. The highest BCUT2D eigenvalue weighted by Crippen LogP contribution is 2.26. The molecular formula is C24H29N5. The summed E-state index contributed by atoms with van der Waals surface area (Å²) in [5.41, 5.74) is 3.61. The Labute approximate surface area is 173 Å². The topological polar surface area (TPSA) is 44.3 Å². The first-order valence-corrected chi connectivity index (χ1v) is 10.3. The number of rotatable bonds is 6. The SMILES string of the molecule is CN(C)c1ccc(Nc2nccc(N3CCC(Cc4ccccc4)CC3)n2)cc1. The number of nitrogens with one attached hydrogen (secondary N) is 1. The second kappa shape index (κ2) is 8.95. The van der Waals surface area contributed by atoms with Gasteiger partial charge in [-0.2, -0.15) is 4.98 Å². The molecule has 29 heavy (non-hydrogen) atoms. The fourth-order valence-electron chi connectivity index (χ4n) is 3.87. The third kappa shape index (κ3) is 5.05. The van der Waals surface area contributed by atoms with Crippen LogP contribution >= 0.6 is 0 Å². The maximum absolute atomic E-state index is 4.75. The highest BCUT2D eigenvalue weighted by Gasteiger charge is 2.20. The van der Waals surface area contributed by atoms with Crippen molar-refractivity contribution in [3.05, 3.63) is 72.4 Å². The molecule has 1 aliphatic heterocycles. The van der Waals surface area contributed by atoms with Crippen LogP contribution in [-0.2, 0) is 6.42 Å². The lowest BCUT2D eigenvalue weighted by Gasteiger charge is -2.33. The fourth-order valence-corrected chi connectivity index (χ4v) is 3.87. The first-order chi connectivity index (χ1) is 14.2. The van der Waals surface area contributed by atoms with Crippen LogP contribution in [0.3, 0.4) is 0 Å². The summed E-state index contributed by atoms with van der Waals surface area (Å²) in [4.78, 5) is 13.6. The number of hydrogen-bond donors (Lipinski definition) is 1. The summed E-state index contributed by atoms with van der Waals surface area (Å²) in [5.74, 6) is 2.40. The molecule has 1 N–H and O–H groups in total. The second-order valence-corrected chi connectivity index (χ2v) is 7.92. The molecule has 0 spiro atoms. The monoisotopic (exact) mass is 387 g/mol. The molecule has 0 bridgehead atoms. The summed E-state index contributed by atoms with van der Waals surface area (Å²) in [5, 5.41) is 3.32. The maximum Gasteiger partial charge on any atom is 0.229 e. The van der Waals surface area contributed by atoms with Gasteiger partial charge in [-0.3, -0.25) is 0 Å². The Kier molecular flexibility index (Phi) is 5.94. The normalized spacial score (nSPS) is 14.6. The largest absolute Gasteiger partial charge is 0.378 e. The van der Waals surface area contributed by atoms with Crippen LogP contribution in [-0.4, -0.2) is 37.2 Å². The molecule has 0 saturated carbocycles. The predicted octanol–water partition coefficient (Wildman–Crippen LogP) is 4.75. The van der Waals surface area contributed by atoms with Crippen molar-refractivity contribution in [3.8, 4) is 0 Å². The summed E-state index contributed by atoms with van der Waals surface area (Å²) in [7, 11) is 4.08. The Hall–Kier alpha value is -3.08. The first-order valence-electron chi connectivity index (χ1n) is 10.3. The van der Waals surface area contributed by atoms with Crippen LogP contribution in [0.4, 0.5) is 23.1 Å². The number of anilines is 4. The minimum atomic E-state index is 0.645. The Morgan fingerprint density at radius 3 is 2.38 bits per heavy atom. The van der Waals surface area contributed by atoms with E-state index in [1.165, 1.54) is 30.5 Å². The van der Waals surface area contributed by atoms with Crippen LogP contribution in [0.5, 0.6) is 0 Å². The maximum atomic E-state index is 4.75. The lowest BCUT2D eigenvalue weighted by Crippen LogP contribution is -2.35. The molecule has 5 heteroatoms. The third-order valence-corrected chi connectivity index (χ3v) is 5.59. The van der Waals surface area contributed by atoms with Crippen LogP contribution in [0.2, 0.25) is 0 Å². The van der Waals surface area contributed by atoms with E-state index in [2.05, 4.69) is 74.7 Å². The molecule has 1 fully saturated rings. The van der Waals surface area contributed by atoms with E-state index in [1.54, 1.807) is 0 Å². The average Bonchev–Trinajstić information content (AvgIpc) is 2.76. The van der Waals surface area contributed by atoms with E-state index in [-0.39, 0.29) is 0 Å². The molecule has 0 amide bonds.